The zero-order chi connectivity index (χ0) is 13.5. The summed E-state index contributed by atoms with van der Waals surface area (Å²) in [6, 6.07) is 4.58. The molecule has 0 saturated carbocycles. The zero-order valence-corrected chi connectivity index (χ0v) is 9.35. The van der Waals surface area contributed by atoms with Crippen LogP contribution < -0.4 is 5.32 Å². The molecule has 0 fully saturated rings. The molecule has 1 aromatic rings. The van der Waals surface area contributed by atoms with Gasteiger partial charge in [0, 0.05) is 19.0 Å². The third-order valence-corrected chi connectivity index (χ3v) is 2.15. The highest BCUT2D eigenvalue weighted by Gasteiger charge is 2.20. The van der Waals surface area contributed by atoms with Crippen LogP contribution in [0.2, 0.25) is 0 Å². The maximum absolute atomic E-state index is 13.0. The van der Waals surface area contributed by atoms with Crippen molar-refractivity contribution in [1.29, 1.82) is 5.26 Å². The minimum atomic E-state index is -0.746. The lowest BCUT2D eigenvalue weighted by Gasteiger charge is -2.04. The Balaban J connectivity index is 2.81. The predicted octanol–water partition coefficient (Wildman–Crippen LogP) is 1.77. The molecule has 0 spiro atoms. The summed E-state index contributed by atoms with van der Waals surface area (Å²) in [4.78, 5) is 21.5. The molecule has 0 heterocycles. The molecule has 0 atom stereocenters. The first-order chi connectivity index (χ1) is 8.56. The number of hydrogen-bond acceptors (Lipinski definition) is 4. The van der Waals surface area contributed by atoms with E-state index in [2.05, 4.69) is 5.32 Å². The molecule has 1 rings (SSSR count). The van der Waals surface area contributed by atoms with Crippen LogP contribution in [0.5, 0.6) is 0 Å². The summed E-state index contributed by atoms with van der Waals surface area (Å²) >= 11 is 0. The van der Waals surface area contributed by atoms with Gasteiger partial charge in [0.2, 0.25) is 0 Å². The number of halogens is 1. The summed E-state index contributed by atoms with van der Waals surface area (Å²) in [5, 5.41) is 21.4. The van der Waals surface area contributed by atoms with Gasteiger partial charge in [0.1, 0.15) is 11.4 Å². The van der Waals surface area contributed by atoms with Crippen LogP contribution in [0, 0.1) is 27.3 Å². The number of nitrogens with zero attached hydrogens (tertiary/aromatic N) is 2. The van der Waals surface area contributed by atoms with Crippen LogP contribution in [0.4, 0.5) is 10.1 Å². The van der Waals surface area contributed by atoms with Crippen molar-refractivity contribution in [2.45, 2.75) is 12.8 Å². The van der Waals surface area contributed by atoms with Crippen molar-refractivity contribution in [1.82, 2.24) is 5.32 Å². The molecule has 1 amide bonds. The molecule has 1 aromatic carbocycles. The van der Waals surface area contributed by atoms with E-state index in [0.717, 1.165) is 18.2 Å². The Bertz CT molecular complexity index is 511. The number of hydrogen-bond donors (Lipinski definition) is 1. The number of unbranched alkanes of at least 4 members (excludes halogenated alkanes) is 1. The van der Waals surface area contributed by atoms with Crippen LogP contribution in [-0.4, -0.2) is 17.4 Å². The molecular formula is C11H10FN3O3. The summed E-state index contributed by atoms with van der Waals surface area (Å²) in [5.41, 5.74) is -0.772. The Morgan fingerprint density at radius 3 is 2.89 bits per heavy atom. The lowest BCUT2D eigenvalue weighted by Crippen LogP contribution is -2.25. The van der Waals surface area contributed by atoms with Gasteiger partial charge in [-0.1, -0.05) is 0 Å². The number of nitrogens with one attached hydrogen (secondary N) is 1. The van der Waals surface area contributed by atoms with Gasteiger partial charge in [0.25, 0.3) is 11.6 Å². The van der Waals surface area contributed by atoms with Gasteiger partial charge in [-0.25, -0.2) is 4.39 Å². The van der Waals surface area contributed by atoms with E-state index in [0.29, 0.717) is 6.42 Å². The second-order valence-corrected chi connectivity index (χ2v) is 3.44. The van der Waals surface area contributed by atoms with Gasteiger partial charge in [-0.3, -0.25) is 14.9 Å². The molecule has 0 aromatic heterocycles. The van der Waals surface area contributed by atoms with Crippen LogP contribution in [0.1, 0.15) is 23.2 Å². The Morgan fingerprint density at radius 1 is 1.56 bits per heavy atom. The van der Waals surface area contributed by atoms with Gasteiger partial charge in [0.15, 0.2) is 0 Å². The van der Waals surface area contributed by atoms with Crippen molar-refractivity contribution in [3.8, 4) is 6.07 Å². The van der Waals surface area contributed by atoms with E-state index in [9.17, 15) is 19.3 Å². The van der Waals surface area contributed by atoms with Crippen LogP contribution in [-0.2, 0) is 0 Å². The van der Waals surface area contributed by atoms with E-state index in [1.165, 1.54) is 0 Å². The van der Waals surface area contributed by atoms with E-state index < -0.39 is 22.3 Å². The Hall–Kier alpha value is -2.49. The maximum Gasteiger partial charge on any atom is 0.282 e. The topological polar surface area (TPSA) is 96.0 Å². The summed E-state index contributed by atoms with van der Waals surface area (Å²) in [7, 11) is 0. The largest absolute Gasteiger partial charge is 0.352 e. The fourth-order valence-electron chi connectivity index (χ4n) is 1.31. The van der Waals surface area contributed by atoms with E-state index in [4.69, 9.17) is 5.26 Å². The number of amides is 1. The molecule has 0 aliphatic rings. The van der Waals surface area contributed by atoms with Crippen molar-refractivity contribution in [2.24, 2.45) is 0 Å². The average Bonchev–Trinajstić information content (AvgIpc) is 2.34. The van der Waals surface area contributed by atoms with Crippen LogP contribution in [0.25, 0.3) is 0 Å². The van der Waals surface area contributed by atoms with Gasteiger partial charge in [-0.15, -0.1) is 0 Å². The van der Waals surface area contributed by atoms with Gasteiger partial charge < -0.3 is 5.32 Å². The summed E-state index contributed by atoms with van der Waals surface area (Å²) in [6.07, 6.45) is 0.705. The molecule has 0 radical (unpaired) electrons. The van der Waals surface area contributed by atoms with Crippen LogP contribution in [0.15, 0.2) is 18.2 Å². The normalized spacial score (nSPS) is 9.56. The van der Waals surface area contributed by atoms with Crippen molar-refractivity contribution in [2.75, 3.05) is 6.54 Å². The number of nitro groups is 1. The van der Waals surface area contributed by atoms with E-state index >= 15 is 0 Å². The second kappa shape index (κ2) is 6.30. The molecular weight excluding hydrogens is 241 g/mol. The van der Waals surface area contributed by atoms with Crippen molar-refractivity contribution >= 4 is 11.6 Å². The molecule has 0 unspecified atom stereocenters. The molecule has 94 valence electrons. The van der Waals surface area contributed by atoms with Crippen LogP contribution >= 0.6 is 0 Å². The smallest absolute Gasteiger partial charge is 0.282 e. The highest BCUT2D eigenvalue weighted by atomic mass is 19.1. The standard InChI is InChI=1S/C11H10FN3O3/c12-8-3-4-10(15(17)18)9(7-8)11(16)14-6-2-1-5-13/h3-4,7H,1-2,6H2,(H,14,16). The second-order valence-electron chi connectivity index (χ2n) is 3.44. The number of benzene rings is 1. The quantitative estimate of drug-likeness (QED) is 0.490. The summed E-state index contributed by atoms with van der Waals surface area (Å²) in [5.74, 6) is -1.44. The summed E-state index contributed by atoms with van der Waals surface area (Å²) < 4.78 is 13.0. The molecule has 1 N–H and O–H groups in total. The fourth-order valence-corrected chi connectivity index (χ4v) is 1.31. The molecule has 0 aliphatic carbocycles. The van der Waals surface area contributed by atoms with E-state index in [1.54, 1.807) is 0 Å². The van der Waals surface area contributed by atoms with Gasteiger partial charge >= 0.3 is 0 Å². The molecule has 18 heavy (non-hydrogen) atoms. The number of carbonyl (C=O) groups excluding carboxylic acids is 1. The average molecular weight is 251 g/mol. The number of nitriles is 1. The highest BCUT2D eigenvalue weighted by Crippen LogP contribution is 2.19. The Kier molecular flexibility index (Phi) is 4.75. The molecule has 0 bridgehead atoms. The molecule has 6 nitrogen and oxygen atoms in total. The molecule has 0 saturated heterocycles. The molecule has 7 heteroatoms. The number of nitro benzene ring substituents is 1. The third-order valence-electron chi connectivity index (χ3n) is 2.15. The van der Waals surface area contributed by atoms with Crippen molar-refractivity contribution in [3.63, 3.8) is 0 Å². The highest BCUT2D eigenvalue weighted by molar-refractivity contribution is 5.98. The maximum atomic E-state index is 13.0. The van der Waals surface area contributed by atoms with E-state index in [1.807, 2.05) is 6.07 Å². The Labute approximate surface area is 102 Å². The Morgan fingerprint density at radius 2 is 2.28 bits per heavy atom. The lowest BCUT2D eigenvalue weighted by atomic mass is 10.1. The minimum Gasteiger partial charge on any atom is -0.352 e. The van der Waals surface area contributed by atoms with Gasteiger partial charge in [-0.2, -0.15) is 5.26 Å². The zero-order valence-electron chi connectivity index (χ0n) is 9.35. The third kappa shape index (κ3) is 3.52. The summed E-state index contributed by atoms with van der Waals surface area (Å²) in [6.45, 7) is 0.208. The first kappa shape index (κ1) is 13.6. The number of rotatable bonds is 5. The molecule has 0 aliphatic heterocycles. The predicted molar refractivity (Wildman–Crippen MR) is 60.2 cm³/mol. The van der Waals surface area contributed by atoms with E-state index in [-0.39, 0.29) is 18.5 Å². The van der Waals surface area contributed by atoms with Gasteiger partial charge in [-0.05, 0) is 18.6 Å². The van der Waals surface area contributed by atoms with Crippen molar-refractivity contribution in [3.05, 3.63) is 39.7 Å². The van der Waals surface area contributed by atoms with Gasteiger partial charge in [0.05, 0.1) is 11.0 Å². The lowest BCUT2D eigenvalue weighted by molar-refractivity contribution is -0.385. The minimum absolute atomic E-state index is 0.208. The fraction of sp³-hybridized carbons (Fsp3) is 0.273. The SMILES string of the molecule is N#CCCCNC(=O)c1cc(F)ccc1[N+](=O)[O-]. The van der Waals surface area contributed by atoms with Crippen LogP contribution in [0.3, 0.4) is 0 Å². The monoisotopic (exact) mass is 251 g/mol. The van der Waals surface area contributed by atoms with Crippen molar-refractivity contribution < 1.29 is 14.1 Å². The first-order valence-electron chi connectivity index (χ1n) is 5.15. The first-order valence-corrected chi connectivity index (χ1v) is 5.15. The number of carbonyl (C=O) groups is 1.